The van der Waals surface area contributed by atoms with Gasteiger partial charge in [-0.05, 0) is 67.4 Å². The van der Waals surface area contributed by atoms with Crippen molar-refractivity contribution in [1.29, 1.82) is 0 Å². The summed E-state index contributed by atoms with van der Waals surface area (Å²) in [4.78, 5) is 0. The van der Waals surface area contributed by atoms with Gasteiger partial charge in [0.25, 0.3) is 0 Å². The Kier molecular flexibility index (Phi) is 5.28. The smallest absolute Gasteiger partial charge is 0.00527 e. The molecule has 1 saturated heterocycles. The van der Waals surface area contributed by atoms with Crippen molar-refractivity contribution in [2.45, 2.75) is 75.8 Å². The molecular weight excluding hydrogens is 319 g/mol. The van der Waals surface area contributed by atoms with E-state index in [9.17, 15) is 0 Å². The normalized spacial score (nSPS) is 27.5. The molecule has 2 aromatic rings. The van der Waals surface area contributed by atoms with Crippen LogP contribution in [-0.2, 0) is 0 Å². The second-order valence-corrected chi connectivity index (χ2v) is 10.9. The molecule has 4 rings (SSSR count). The van der Waals surface area contributed by atoms with Gasteiger partial charge in [-0.25, -0.2) is 0 Å². The van der Waals surface area contributed by atoms with Gasteiger partial charge in [-0.3, -0.25) is 0 Å². The van der Waals surface area contributed by atoms with E-state index < -0.39 is 0 Å². The van der Waals surface area contributed by atoms with Crippen molar-refractivity contribution in [2.24, 2.45) is 0 Å². The third kappa shape index (κ3) is 3.43. The lowest BCUT2D eigenvalue weighted by Gasteiger charge is -2.37. The van der Waals surface area contributed by atoms with Crippen molar-refractivity contribution >= 4 is 7.92 Å². The standard InChI is InChI=1S/C24H31P/c1-18-10-6-8-14-21(18)23-16-17-24(22-15-9-7-11-19(22)2)25(23)20-12-4-3-5-13-20/h6-11,14-15,20,23-24H,3-5,12-13,16-17H2,1-2H3. The molecule has 2 unspecified atom stereocenters. The molecule has 2 fully saturated rings. The van der Waals surface area contributed by atoms with E-state index in [4.69, 9.17) is 0 Å². The summed E-state index contributed by atoms with van der Waals surface area (Å²) in [6.45, 7) is 4.65. The molecule has 0 spiro atoms. The van der Waals surface area contributed by atoms with Crippen LogP contribution < -0.4 is 0 Å². The van der Waals surface area contributed by atoms with E-state index in [-0.39, 0.29) is 7.92 Å². The van der Waals surface area contributed by atoms with Crippen LogP contribution in [0.5, 0.6) is 0 Å². The fourth-order valence-corrected chi connectivity index (χ4v) is 9.80. The van der Waals surface area contributed by atoms with E-state index in [1.165, 1.54) is 56.1 Å². The van der Waals surface area contributed by atoms with Crippen LogP contribution in [-0.4, -0.2) is 5.66 Å². The van der Waals surface area contributed by atoms with E-state index in [1.807, 2.05) is 0 Å². The SMILES string of the molecule is Cc1ccccc1C1CCC(c2ccccc2C)P1C1CCCCC1. The molecule has 1 aliphatic carbocycles. The molecule has 2 atom stereocenters. The largest absolute Gasteiger partial charge is 0.0881 e. The topological polar surface area (TPSA) is 0 Å². The molecule has 2 aliphatic rings. The molecule has 1 heterocycles. The Bertz CT molecular complexity index is 660. The van der Waals surface area contributed by atoms with Crippen LogP contribution in [0.25, 0.3) is 0 Å². The summed E-state index contributed by atoms with van der Waals surface area (Å²) in [5.41, 5.74) is 8.99. The fraction of sp³-hybridized carbons (Fsp3) is 0.500. The minimum atomic E-state index is 0.0249. The number of aryl methyl sites for hydroxylation is 2. The molecule has 25 heavy (non-hydrogen) atoms. The minimum absolute atomic E-state index is 0.0249. The summed E-state index contributed by atoms with van der Waals surface area (Å²) in [7, 11) is 0.0249. The van der Waals surface area contributed by atoms with Gasteiger partial charge in [-0.1, -0.05) is 75.7 Å². The van der Waals surface area contributed by atoms with Crippen LogP contribution in [0.2, 0.25) is 0 Å². The molecule has 1 aliphatic heterocycles. The highest BCUT2D eigenvalue weighted by Crippen LogP contribution is 2.74. The fourth-order valence-electron chi connectivity index (χ4n) is 5.27. The maximum absolute atomic E-state index is 2.43. The van der Waals surface area contributed by atoms with Gasteiger partial charge >= 0.3 is 0 Å². The van der Waals surface area contributed by atoms with Gasteiger partial charge < -0.3 is 0 Å². The van der Waals surface area contributed by atoms with Gasteiger partial charge in [0.15, 0.2) is 0 Å². The summed E-state index contributed by atoms with van der Waals surface area (Å²) >= 11 is 0. The lowest BCUT2D eigenvalue weighted by Crippen LogP contribution is -2.15. The lowest BCUT2D eigenvalue weighted by atomic mass is 9.99. The zero-order valence-electron chi connectivity index (χ0n) is 15.7. The first-order valence-electron chi connectivity index (χ1n) is 10.1. The zero-order valence-corrected chi connectivity index (χ0v) is 16.6. The van der Waals surface area contributed by atoms with E-state index in [1.54, 1.807) is 11.1 Å². The Morgan fingerprint density at radius 2 is 1.12 bits per heavy atom. The summed E-state index contributed by atoms with van der Waals surface area (Å²) in [5.74, 6) is 0. The Labute approximate surface area is 154 Å². The highest BCUT2D eigenvalue weighted by molar-refractivity contribution is 7.59. The Hall–Kier alpha value is -1.13. The Morgan fingerprint density at radius 1 is 0.640 bits per heavy atom. The van der Waals surface area contributed by atoms with E-state index in [0.717, 1.165) is 17.0 Å². The zero-order chi connectivity index (χ0) is 17.2. The molecule has 0 bridgehead atoms. The molecule has 2 aromatic carbocycles. The first-order valence-corrected chi connectivity index (χ1v) is 11.7. The van der Waals surface area contributed by atoms with Gasteiger partial charge in [0.05, 0.1) is 0 Å². The van der Waals surface area contributed by atoms with Crippen molar-refractivity contribution in [3.63, 3.8) is 0 Å². The molecule has 132 valence electrons. The maximum Gasteiger partial charge on any atom is 0.00527 e. The number of hydrogen-bond donors (Lipinski definition) is 0. The Balaban J connectivity index is 1.72. The van der Waals surface area contributed by atoms with Crippen LogP contribution in [0, 0.1) is 13.8 Å². The highest BCUT2D eigenvalue weighted by Gasteiger charge is 2.42. The van der Waals surface area contributed by atoms with Crippen molar-refractivity contribution < 1.29 is 0 Å². The molecule has 0 amide bonds. The second-order valence-electron chi connectivity index (χ2n) is 8.06. The summed E-state index contributed by atoms with van der Waals surface area (Å²) < 4.78 is 0. The van der Waals surface area contributed by atoms with Crippen LogP contribution in [0.3, 0.4) is 0 Å². The predicted octanol–water partition coefficient (Wildman–Crippen LogP) is 7.69. The summed E-state index contributed by atoms with van der Waals surface area (Å²) in [5, 5.41) is 0. The molecular formula is C24H31P. The molecule has 0 N–H and O–H groups in total. The molecule has 0 aromatic heterocycles. The first kappa shape index (κ1) is 17.3. The van der Waals surface area contributed by atoms with Crippen molar-refractivity contribution in [1.82, 2.24) is 0 Å². The average Bonchev–Trinajstić information content (AvgIpc) is 3.08. The molecule has 1 heteroatoms. The number of hydrogen-bond acceptors (Lipinski definition) is 0. The van der Waals surface area contributed by atoms with Crippen LogP contribution in [0.15, 0.2) is 48.5 Å². The molecule has 0 radical (unpaired) electrons. The Morgan fingerprint density at radius 3 is 1.60 bits per heavy atom. The van der Waals surface area contributed by atoms with Crippen molar-refractivity contribution in [2.75, 3.05) is 0 Å². The summed E-state index contributed by atoms with van der Waals surface area (Å²) in [6.07, 6.45) is 10.1. The lowest BCUT2D eigenvalue weighted by molar-refractivity contribution is 0.508. The predicted molar refractivity (Wildman–Crippen MR) is 111 cm³/mol. The first-order chi connectivity index (χ1) is 12.3. The average molecular weight is 350 g/mol. The van der Waals surface area contributed by atoms with Gasteiger partial charge in [0.1, 0.15) is 0 Å². The van der Waals surface area contributed by atoms with E-state index in [2.05, 4.69) is 62.4 Å². The van der Waals surface area contributed by atoms with E-state index in [0.29, 0.717) is 0 Å². The van der Waals surface area contributed by atoms with Crippen molar-refractivity contribution in [3.8, 4) is 0 Å². The van der Waals surface area contributed by atoms with Gasteiger partial charge in [-0.15, -0.1) is 0 Å². The van der Waals surface area contributed by atoms with Gasteiger partial charge in [0.2, 0.25) is 0 Å². The van der Waals surface area contributed by atoms with Crippen LogP contribution >= 0.6 is 7.92 Å². The van der Waals surface area contributed by atoms with Crippen molar-refractivity contribution in [3.05, 3.63) is 70.8 Å². The van der Waals surface area contributed by atoms with Gasteiger partial charge in [-0.2, -0.15) is 0 Å². The number of benzene rings is 2. The van der Waals surface area contributed by atoms with Crippen LogP contribution in [0.1, 0.15) is 78.5 Å². The monoisotopic (exact) mass is 350 g/mol. The van der Waals surface area contributed by atoms with Crippen LogP contribution in [0.4, 0.5) is 0 Å². The van der Waals surface area contributed by atoms with E-state index >= 15 is 0 Å². The summed E-state index contributed by atoms with van der Waals surface area (Å²) in [6, 6.07) is 18.4. The third-order valence-corrected chi connectivity index (χ3v) is 10.4. The van der Waals surface area contributed by atoms with Gasteiger partial charge in [0, 0.05) is 11.3 Å². The maximum atomic E-state index is 2.43. The third-order valence-electron chi connectivity index (χ3n) is 6.52. The molecule has 1 saturated carbocycles. The molecule has 0 nitrogen and oxygen atoms in total. The quantitative estimate of drug-likeness (QED) is 0.498. The second kappa shape index (κ2) is 7.63. The highest BCUT2D eigenvalue weighted by atomic mass is 31.1. The number of rotatable bonds is 3. The minimum Gasteiger partial charge on any atom is -0.0881 e.